The Labute approximate surface area is 170 Å². The van der Waals surface area contributed by atoms with Gasteiger partial charge in [0.2, 0.25) is 5.91 Å². The molecule has 1 heterocycles. The van der Waals surface area contributed by atoms with Gasteiger partial charge >= 0.3 is 0 Å². The monoisotopic (exact) mass is 397 g/mol. The van der Waals surface area contributed by atoms with Crippen LogP contribution in [-0.4, -0.2) is 53.5 Å². The number of anilines is 1. The summed E-state index contributed by atoms with van der Waals surface area (Å²) in [5, 5.41) is 3.29. The average Bonchev–Trinajstić information content (AvgIpc) is 2.91. The normalized spacial score (nSPS) is 16.4. The number of amides is 2. The lowest BCUT2D eigenvalue weighted by atomic mass is 10.1. The molecule has 2 aromatic carbocycles. The third-order valence-corrected chi connectivity index (χ3v) is 5.27. The van der Waals surface area contributed by atoms with E-state index in [4.69, 9.17) is 17.0 Å². The summed E-state index contributed by atoms with van der Waals surface area (Å²) in [6.07, 6.45) is 0.794. The van der Waals surface area contributed by atoms with Crippen molar-refractivity contribution in [2.75, 3.05) is 26.0 Å². The van der Waals surface area contributed by atoms with Gasteiger partial charge in [-0.3, -0.25) is 14.5 Å². The minimum Gasteiger partial charge on any atom is -0.497 e. The topological polar surface area (TPSA) is 61.9 Å². The molecule has 0 aliphatic carbocycles. The second kappa shape index (κ2) is 8.84. The number of carbonyl (C=O) groups is 2. The smallest absolute Gasteiger partial charge is 0.251 e. The number of likely N-dealkylation sites (N-methyl/N-ethyl adjacent to an activating group) is 1. The van der Waals surface area contributed by atoms with Crippen LogP contribution in [0.4, 0.5) is 5.69 Å². The van der Waals surface area contributed by atoms with Crippen LogP contribution in [-0.2, 0) is 16.0 Å². The second-order valence-corrected chi connectivity index (χ2v) is 6.97. The van der Waals surface area contributed by atoms with E-state index in [1.165, 1.54) is 4.90 Å². The first-order valence-electron chi connectivity index (χ1n) is 9.05. The lowest BCUT2D eigenvalue weighted by molar-refractivity contribution is -0.130. The zero-order valence-corrected chi connectivity index (χ0v) is 16.7. The molecule has 0 unspecified atom stereocenters. The lowest BCUT2D eigenvalue weighted by Crippen LogP contribution is -2.39. The molecule has 2 aromatic rings. The van der Waals surface area contributed by atoms with Crippen molar-refractivity contribution in [1.82, 2.24) is 9.80 Å². The number of hydrogen-bond donors (Lipinski definition) is 1. The third kappa shape index (κ3) is 4.48. The molecule has 7 heteroatoms. The quantitative estimate of drug-likeness (QED) is 0.728. The van der Waals surface area contributed by atoms with Crippen molar-refractivity contribution in [3.63, 3.8) is 0 Å². The molecule has 1 N–H and O–H groups in total. The zero-order chi connectivity index (χ0) is 20.1. The van der Waals surface area contributed by atoms with E-state index in [0.717, 1.165) is 12.0 Å². The van der Waals surface area contributed by atoms with Crippen molar-refractivity contribution in [2.45, 2.75) is 18.9 Å². The first-order valence-corrected chi connectivity index (χ1v) is 9.46. The number of ether oxygens (including phenoxy) is 1. The highest BCUT2D eigenvalue weighted by Crippen LogP contribution is 2.21. The predicted octanol–water partition coefficient (Wildman–Crippen LogP) is 2.69. The fourth-order valence-corrected chi connectivity index (χ4v) is 3.49. The van der Waals surface area contributed by atoms with Gasteiger partial charge in [-0.05, 0) is 48.5 Å². The summed E-state index contributed by atoms with van der Waals surface area (Å²) in [5.74, 6) is 0.331. The summed E-state index contributed by atoms with van der Waals surface area (Å²) in [6, 6.07) is 16.5. The largest absolute Gasteiger partial charge is 0.497 e. The minimum atomic E-state index is -0.584. The van der Waals surface area contributed by atoms with Crippen LogP contribution in [0.3, 0.4) is 0 Å². The van der Waals surface area contributed by atoms with Gasteiger partial charge in [0.05, 0.1) is 13.5 Å². The molecular formula is C21H23N3O3S. The molecule has 0 saturated carbocycles. The summed E-state index contributed by atoms with van der Waals surface area (Å²) in [4.78, 5) is 28.4. The van der Waals surface area contributed by atoms with Crippen LogP contribution in [0.2, 0.25) is 0 Å². The van der Waals surface area contributed by atoms with E-state index in [1.807, 2.05) is 35.2 Å². The molecule has 0 radical (unpaired) electrons. The molecule has 2 amide bonds. The first kappa shape index (κ1) is 19.8. The Bertz CT molecular complexity index is 855. The van der Waals surface area contributed by atoms with Crippen LogP contribution in [0.5, 0.6) is 5.75 Å². The summed E-state index contributed by atoms with van der Waals surface area (Å²) in [5.41, 5.74) is 1.82. The van der Waals surface area contributed by atoms with E-state index in [0.29, 0.717) is 23.1 Å². The van der Waals surface area contributed by atoms with Crippen molar-refractivity contribution in [2.24, 2.45) is 0 Å². The van der Waals surface area contributed by atoms with Gasteiger partial charge in [-0.25, -0.2) is 0 Å². The molecule has 1 aliphatic heterocycles. The fourth-order valence-electron chi connectivity index (χ4n) is 3.18. The number of thiocarbonyl (C=S) groups is 1. The van der Waals surface area contributed by atoms with Crippen molar-refractivity contribution >= 4 is 34.8 Å². The fraction of sp³-hybridized carbons (Fsp3) is 0.286. The summed E-state index contributed by atoms with van der Waals surface area (Å²) in [7, 11) is 3.24. The Kier molecular flexibility index (Phi) is 6.26. The molecule has 1 atom stereocenters. The average molecular weight is 398 g/mol. The van der Waals surface area contributed by atoms with E-state index < -0.39 is 6.04 Å². The van der Waals surface area contributed by atoms with E-state index in [9.17, 15) is 9.59 Å². The predicted molar refractivity (Wildman–Crippen MR) is 112 cm³/mol. The van der Waals surface area contributed by atoms with Gasteiger partial charge < -0.3 is 15.0 Å². The van der Waals surface area contributed by atoms with Crippen molar-refractivity contribution in [3.05, 3.63) is 60.2 Å². The SMILES string of the molecule is COc1ccc(NC(=O)C[C@@H]2C(=O)N(C)C(=S)N2CCc2ccccc2)cc1. The summed E-state index contributed by atoms with van der Waals surface area (Å²) in [6.45, 7) is 0.583. The molecule has 3 rings (SSSR count). The van der Waals surface area contributed by atoms with Crippen LogP contribution in [0.25, 0.3) is 0 Å². The maximum atomic E-state index is 12.6. The highest BCUT2D eigenvalue weighted by molar-refractivity contribution is 7.80. The van der Waals surface area contributed by atoms with Crippen LogP contribution in [0.15, 0.2) is 54.6 Å². The van der Waals surface area contributed by atoms with Gasteiger partial charge in [-0.1, -0.05) is 30.3 Å². The molecule has 146 valence electrons. The molecule has 1 saturated heterocycles. The lowest BCUT2D eigenvalue weighted by Gasteiger charge is -2.23. The molecule has 0 aromatic heterocycles. The molecule has 1 aliphatic rings. The second-order valence-electron chi connectivity index (χ2n) is 6.61. The molecule has 1 fully saturated rings. The highest BCUT2D eigenvalue weighted by Gasteiger charge is 2.41. The number of benzene rings is 2. The summed E-state index contributed by atoms with van der Waals surface area (Å²) < 4.78 is 5.11. The van der Waals surface area contributed by atoms with Gasteiger partial charge in [-0.15, -0.1) is 0 Å². The standard InChI is InChI=1S/C21H23N3O3S/c1-23-20(26)18(14-19(25)22-16-8-10-17(27-2)11-9-16)24(21(23)28)13-12-15-6-4-3-5-7-15/h3-11,18H,12-14H2,1-2H3,(H,22,25)/t18-/m1/s1. The Morgan fingerprint density at radius 2 is 1.82 bits per heavy atom. The number of carbonyl (C=O) groups excluding carboxylic acids is 2. The van der Waals surface area contributed by atoms with Gasteiger partial charge in [-0.2, -0.15) is 0 Å². The van der Waals surface area contributed by atoms with Crippen molar-refractivity contribution < 1.29 is 14.3 Å². The number of hydrogen-bond acceptors (Lipinski definition) is 4. The number of nitrogens with one attached hydrogen (secondary N) is 1. The Balaban J connectivity index is 1.65. The van der Waals surface area contributed by atoms with E-state index >= 15 is 0 Å². The third-order valence-electron chi connectivity index (χ3n) is 4.76. The van der Waals surface area contributed by atoms with Crippen molar-refractivity contribution in [3.8, 4) is 5.75 Å². The van der Waals surface area contributed by atoms with E-state index in [2.05, 4.69) is 5.32 Å². The molecule has 28 heavy (non-hydrogen) atoms. The van der Waals surface area contributed by atoms with E-state index in [-0.39, 0.29) is 18.2 Å². The Hall–Kier alpha value is -2.93. The first-order chi connectivity index (χ1) is 13.5. The maximum absolute atomic E-state index is 12.6. The van der Waals surface area contributed by atoms with Crippen LogP contribution < -0.4 is 10.1 Å². The number of methoxy groups -OCH3 is 1. The molecule has 6 nitrogen and oxygen atoms in total. The van der Waals surface area contributed by atoms with Crippen LogP contribution in [0, 0.1) is 0 Å². The Morgan fingerprint density at radius 1 is 1.14 bits per heavy atom. The van der Waals surface area contributed by atoms with Gasteiger partial charge in [0.15, 0.2) is 5.11 Å². The van der Waals surface area contributed by atoms with Crippen molar-refractivity contribution in [1.29, 1.82) is 0 Å². The molecule has 0 bridgehead atoms. The zero-order valence-electron chi connectivity index (χ0n) is 15.9. The van der Waals surface area contributed by atoms with Crippen LogP contribution in [0.1, 0.15) is 12.0 Å². The van der Waals surface area contributed by atoms with Crippen LogP contribution >= 0.6 is 12.2 Å². The van der Waals surface area contributed by atoms with Gasteiger partial charge in [0.25, 0.3) is 5.91 Å². The highest BCUT2D eigenvalue weighted by atomic mass is 32.1. The maximum Gasteiger partial charge on any atom is 0.251 e. The number of nitrogens with zero attached hydrogens (tertiary/aromatic N) is 2. The summed E-state index contributed by atoms with van der Waals surface area (Å²) >= 11 is 5.43. The van der Waals surface area contributed by atoms with Gasteiger partial charge in [0.1, 0.15) is 11.8 Å². The Morgan fingerprint density at radius 3 is 2.46 bits per heavy atom. The van der Waals surface area contributed by atoms with E-state index in [1.54, 1.807) is 38.4 Å². The molecule has 0 spiro atoms. The van der Waals surface area contributed by atoms with Gasteiger partial charge in [0, 0.05) is 19.3 Å². The number of rotatable bonds is 7. The molecular weight excluding hydrogens is 374 g/mol. The minimum absolute atomic E-state index is 0.0458.